The average Bonchev–Trinajstić information content (AvgIpc) is 2.74. The first-order chi connectivity index (χ1) is 15.3. The molecular formula is C22H34N4O7. The first-order valence-corrected chi connectivity index (χ1v) is 10.6. The van der Waals surface area contributed by atoms with Crippen molar-refractivity contribution in [3.05, 3.63) is 35.9 Å². The second-order valence-corrected chi connectivity index (χ2v) is 8.31. The van der Waals surface area contributed by atoms with Crippen molar-refractivity contribution >= 4 is 23.7 Å². The van der Waals surface area contributed by atoms with Crippen molar-refractivity contribution in [2.75, 3.05) is 0 Å². The Morgan fingerprint density at radius 1 is 0.818 bits per heavy atom. The summed E-state index contributed by atoms with van der Waals surface area (Å²) in [7, 11) is 0. The van der Waals surface area contributed by atoms with Gasteiger partial charge in [0.25, 0.3) is 0 Å². The van der Waals surface area contributed by atoms with Crippen LogP contribution in [0.25, 0.3) is 0 Å². The molecule has 6 unspecified atom stereocenters. The molecule has 0 bridgehead atoms. The summed E-state index contributed by atoms with van der Waals surface area (Å²) >= 11 is 0. The monoisotopic (exact) mass is 466 g/mol. The van der Waals surface area contributed by atoms with Crippen molar-refractivity contribution in [2.24, 2.45) is 11.7 Å². The molecule has 1 rings (SSSR count). The number of carbonyl (C=O) groups excluding carboxylic acids is 3. The summed E-state index contributed by atoms with van der Waals surface area (Å²) in [5.41, 5.74) is 6.36. The number of hydrogen-bond donors (Lipinski definition) is 7. The van der Waals surface area contributed by atoms with E-state index in [-0.39, 0.29) is 6.42 Å². The number of carbonyl (C=O) groups is 4. The Labute approximate surface area is 192 Å². The SMILES string of the molecule is CC(C)C(NC(=O)C(NC(=O)C(Cc1ccccc1)NC(=O)C(N)C(C)O)C(C)O)C(=O)O. The first-order valence-electron chi connectivity index (χ1n) is 10.6. The van der Waals surface area contributed by atoms with E-state index in [9.17, 15) is 34.5 Å². The van der Waals surface area contributed by atoms with Crippen LogP contribution in [0.2, 0.25) is 0 Å². The average molecular weight is 467 g/mol. The van der Waals surface area contributed by atoms with Crippen LogP contribution in [0.4, 0.5) is 0 Å². The predicted octanol–water partition coefficient (Wildman–Crippen LogP) is -1.49. The fourth-order valence-corrected chi connectivity index (χ4v) is 2.96. The number of nitrogens with one attached hydrogen (secondary N) is 3. The summed E-state index contributed by atoms with van der Waals surface area (Å²) in [6.45, 7) is 5.80. The van der Waals surface area contributed by atoms with E-state index in [2.05, 4.69) is 16.0 Å². The molecule has 0 aliphatic heterocycles. The third-order valence-electron chi connectivity index (χ3n) is 5.03. The molecule has 184 valence electrons. The van der Waals surface area contributed by atoms with E-state index < -0.39 is 66.0 Å². The van der Waals surface area contributed by atoms with Gasteiger partial charge in [-0.15, -0.1) is 0 Å². The second kappa shape index (κ2) is 12.9. The van der Waals surface area contributed by atoms with Gasteiger partial charge in [0.1, 0.15) is 24.2 Å². The van der Waals surface area contributed by atoms with Crippen molar-refractivity contribution < 1.29 is 34.5 Å². The highest BCUT2D eigenvalue weighted by Crippen LogP contribution is 2.07. The molecule has 0 spiro atoms. The summed E-state index contributed by atoms with van der Waals surface area (Å²) in [5, 5.41) is 36.1. The third kappa shape index (κ3) is 8.79. The van der Waals surface area contributed by atoms with Crippen LogP contribution in [0.1, 0.15) is 33.3 Å². The normalized spacial score (nSPS) is 16.6. The van der Waals surface area contributed by atoms with E-state index in [1.807, 2.05) is 0 Å². The summed E-state index contributed by atoms with van der Waals surface area (Å²) < 4.78 is 0. The predicted molar refractivity (Wildman–Crippen MR) is 120 cm³/mol. The topological polar surface area (TPSA) is 191 Å². The van der Waals surface area contributed by atoms with E-state index in [0.717, 1.165) is 0 Å². The van der Waals surface area contributed by atoms with Crippen LogP contribution >= 0.6 is 0 Å². The Bertz CT molecular complexity index is 814. The maximum atomic E-state index is 13.0. The van der Waals surface area contributed by atoms with Gasteiger partial charge in [-0.1, -0.05) is 44.2 Å². The molecule has 6 atom stereocenters. The molecule has 0 aliphatic carbocycles. The maximum absolute atomic E-state index is 13.0. The van der Waals surface area contributed by atoms with Crippen LogP contribution < -0.4 is 21.7 Å². The van der Waals surface area contributed by atoms with E-state index in [0.29, 0.717) is 5.56 Å². The van der Waals surface area contributed by atoms with Gasteiger partial charge in [0.05, 0.1) is 12.2 Å². The van der Waals surface area contributed by atoms with Crippen molar-refractivity contribution in [1.82, 2.24) is 16.0 Å². The molecule has 1 aromatic carbocycles. The van der Waals surface area contributed by atoms with Gasteiger partial charge in [0, 0.05) is 6.42 Å². The molecule has 8 N–H and O–H groups in total. The highest BCUT2D eigenvalue weighted by atomic mass is 16.4. The lowest BCUT2D eigenvalue weighted by Crippen LogP contribution is -2.61. The minimum atomic E-state index is -1.47. The zero-order chi connectivity index (χ0) is 25.3. The molecule has 0 saturated carbocycles. The van der Waals surface area contributed by atoms with Gasteiger partial charge in [-0.25, -0.2) is 4.79 Å². The van der Waals surface area contributed by atoms with Gasteiger partial charge >= 0.3 is 5.97 Å². The molecule has 0 radical (unpaired) electrons. The molecule has 0 heterocycles. The lowest BCUT2D eigenvalue weighted by Gasteiger charge is -2.27. The Morgan fingerprint density at radius 2 is 1.36 bits per heavy atom. The zero-order valence-corrected chi connectivity index (χ0v) is 19.2. The molecule has 1 aromatic rings. The first kappa shape index (κ1) is 28.0. The Hall–Kier alpha value is -3.02. The number of amides is 3. The molecular weight excluding hydrogens is 432 g/mol. The van der Waals surface area contributed by atoms with E-state index in [1.165, 1.54) is 13.8 Å². The van der Waals surface area contributed by atoms with Crippen LogP contribution in [0.15, 0.2) is 30.3 Å². The van der Waals surface area contributed by atoms with E-state index >= 15 is 0 Å². The lowest BCUT2D eigenvalue weighted by atomic mass is 10.0. The summed E-state index contributed by atoms with van der Waals surface area (Å²) in [4.78, 5) is 49.4. The summed E-state index contributed by atoms with van der Waals surface area (Å²) in [6, 6.07) is 3.59. The number of aliphatic carboxylic acids is 1. The number of benzene rings is 1. The van der Waals surface area contributed by atoms with Gasteiger partial charge in [0.2, 0.25) is 17.7 Å². The van der Waals surface area contributed by atoms with E-state index in [4.69, 9.17) is 5.73 Å². The molecule has 0 saturated heterocycles. The molecule has 33 heavy (non-hydrogen) atoms. The second-order valence-electron chi connectivity index (χ2n) is 8.31. The quantitative estimate of drug-likeness (QED) is 0.194. The number of nitrogens with two attached hydrogens (primary N) is 1. The third-order valence-corrected chi connectivity index (χ3v) is 5.03. The highest BCUT2D eigenvalue weighted by molar-refractivity contribution is 5.94. The van der Waals surface area contributed by atoms with Gasteiger partial charge in [-0.3, -0.25) is 14.4 Å². The smallest absolute Gasteiger partial charge is 0.326 e. The summed E-state index contributed by atoms with van der Waals surface area (Å²) in [6.07, 6.45) is -2.48. The van der Waals surface area contributed by atoms with Gasteiger partial charge in [0.15, 0.2) is 0 Å². The van der Waals surface area contributed by atoms with Crippen LogP contribution in [0, 0.1) is 5.92 Å². The Kier molecular flexibility index (Phi) is 10.9. The molecule has 0 aromatic heterocycles. The lowest BCUT2D eigenvalue weighted by molar-refractivity contribution is -0.144. The van der Waals surface area contributed by atoms with Crippen LogP contribution in [-0.2, 0) is 25.6 Å². The number of carboxylic acid groups (broad SMARTS) is 1. The van der Waals surface area contributed by atoms with Gasteiger partial charge in [-0.2, -0.15) is 0 Å². The Morgan fingerprint density at radius 3 is 1.82 bits per heavy atom. The maximum Gasteiger partial charge on any atom is 0.326 e. The molecule has 0 fully saturated rings. The number of aliphatic hydroxyl groups is 2. The van der Waals surface area contributed by atoms with Crippen molar-refractivity contribution in [3.8, 4) is 0 Å². The van der Waals surface area contributed by atoms with Gasteiger partial charge in [-0.05, 0) is 25.3 Å². The van der Waals surface area contributed by atoms with Crippen molar-refractivity contribution in [3.63, 3.8) is 0 Å². The number of hydrogen-bond acceptors (Lipinski definition) is 7. The number of aliphatic hydroxyl groups excluding tert-OH is 2. The molecule has 11 heteroatoms. The minimum Gasteiger partial charge on any atom is -0.480 e. The minimum absolute atomic E-state index is 0.0445. The van der Waals surface area contributed by atoms with Gasteiger partial charge < -0.3 is 37.0 Å². The van der Waals surface area contributed by atoms with E-state index in [1.54, 1.807) is 44.2 Å². The fraction of sp³-hybridized carbons (Fsp3) is 0.545. The molecule has 0 aliphatic rings. The Balaban J connectivity index is 3.08. The summed E-state index contributed by atoms with van der Waals surface area (Å²) in [5.74, 6) is -4.14. The largest absolute Gasteiger partial charge is 0.480 e. The fourth-order valence-electron chi connectivity index (χ4n) is 2.96. The highest BCUT2D eigenvalue weighted by Gasteiger charge is 2.34. The number of carboxylic acids is 1. The van der Waals surface area contributed by atoms with Crippen LogP contribution in [0.5, 0.6) is 0 Å². The number of rotatable bonds is 12. The molecule has 11 nitrogen and oxygen atoms in total. The standard InChI is InChI=1S/C22H34N4O7/c1-11(2)17(22(32)33)25-21(31)18(13(4)28)26-19(29)15(10-14-8-6-5-7-9-14)24-20(30)16(23)12(3)27/h5-9,11-13,15-18,27-28H,10,23H2,1-4H3,(H,24,30)(H,25,31)(H,26,29)(H,32,33). The van der Waals surface area contributed by atoms with Crippen molar-refractivity contribution in [2.45, 2.75) is 70.5 Å². The van der Waals surface area contributed by atoms with Crippen LogP contribution in [-0.4, -0.2) is 75.4 Å². The zero-order valence-electron chi connectivity index (χ0n) is 19.2. The van der Waals surface area contributed by atoms with Crippen molar-refractivity contribution in [1.29, 1.82) is 0 Å². The van der Waals surface area contributed by atoms with Crippen LogP contribution in [0.3, 0.4) is 0 Å². The molecule has 3 amide bonds.